The van der Waals surface area contributed by atoms with Gasteiger partial charge >= 0.3 is 0 Å². The smallest absolute Gasteiger partial charge is 0.240 e. The highest BCUT2D eigenvalue weighted by Gasteiger charge is 2.20. The van der Waals surface area contributed by atoms with E-state index in [0.717, 1.165) is 0 Å². The van der Waals surface area contributed by atoms with Crippen LogP contribution in [-0.2, 0) is 10.0 Å². The number of ketones is 1. The molecule has 0 amide bonds. The van der Waals surface area contributed by atoms with Gasteiger partial charge in [0.2, 0.25) is 10.0 Å². The summed E-state index contributed by atoms with van der Waals surface area (Å²) >= 11 is 0. The molecular formula is C13H19NO4S. The molecular weight excluding hydrogens is 266 g/mol. The molecule has 6 heteroatoms. The van der Waals surface area contributed by atoms with Gasteiger partial charge in [0.25, 0.3) is 0 Å². The minimum absolute atomic E-state index is 0.0903. The molecule has 5 nitrogen and oxygen atoms in total. The molecule has 0 saturated heterocycles. The fourth-order valence-corrected chi connectivity index (χ4v) is 2.81. The topological polar surface area (TPSA) is 83.5 Å². The number of hydrogen-bond acceptors (Lipinski definition) is 4. The molecule has 1 aromatic carbocycles. The Kier molecular flexibility index (Phi) is 5.22. The van der Waals surface area contributed by atoms with Crippen molar-refractivity contribution in [3.63, 3.8) is 0 Å². The summed E-state index contributed by atoms with van der Waals surface area (Å²) in [5.74, 6) is -0.287. The zero-order valence-corrected chi connectivity index (χ0v) is 12.1. The van der Waals surface area contributed by atoms with Crippen molar-refractivity contribution < 1.29 is 18.3 Å². The molecule has 0 saturated carbocycles. The standard InChI is InChI=1S/C13H19NO4S/c1-9(8-15)10(2)14-19(17,18)13-6-4-12(5-7-13)11(3)16/h4-7,9-10,14-15H,8H2,1-3H3. The quantitative estimate of drug-likeness (QED) is 0.769. The maximum atomic E-state index is 12.1. The Morgan fingerprint density at radius 2 is 1.79 bits per heavy atom. The van der Waals surface area contributed by atoms with Gasteiger partial charge in [0, 0.05) is 18.2 Å². The number of benzene rings is 1. The summed E-state index contributed by atoms with van der Waals surface area (Å²) in [6, 6.07) is 5.39. The van der Waals surface area contributed by atoms with Crippen LogP contribution in [0, 0.1) is 5.92 Å². The van der Waals surface area contributed by atoms with E-state index in [-0.39, 0.29) is 29.2 Å². The van der Waals surface area contributed by atoms with E-state index in [1.807, 2.05) is 0 Å². The third-order valence-corrected chi connectivity index (χ3v) is 4.63. The molecule has 2 N–H and O–H groups in total. The van der Waals surface area contributed by atoms with Crippen LogP contribution in [0.4, 0.5) is 0 Å². The Labute approximate surface area is 113 Å². The number of Topliss-reactive ketones (excluding diaryl/α,β-unsaturated/α-hetero) is 1. The molecule has 0 aliphatic carbocycles. The van der Waals surface area contributed by atoms with Crippen molar-refractivity contribution in [3.8, 4) is 0 Å². The van der Waals surface area contributed by atoms with E-state index in [1.165, 1.54) is 31.2 Å². The van der Waals surface area contributed by atoms with E-state index in [1.54, 1.807) is 13.8 Å². The van der Waals surface area contributed by atoms with Crippen molar-refractivity contribution in [2.24, 2.45) is 5.92 Å². The second-order valence-electron chi connectivity index (χ2n) is 4.65. The number of hydrogen-bond donors (Lipinski definition) is 2. The van der Waals surface area contributed by atoms with Crippen molar-refractivity contribution in [2.45, 2.75) is 31.7 Å². The number of sulfonamides is 1. The summed E-state index contributed by atoms with van der Waals surface area (Å²) in [6.45, 7) is 4.79. The van der Waals surface area contributed by atoms with Crippen molar-refractivity contribution in [3.05, 3.63) is 29.8 Å². The molecule has 0 aromatic heterocycles. The van der Waals surface area contributed by atoms with Crippen molar-refractivity contribution in [1.29, 1.82) is 0 Å². The lowest BCUT2D eigenvalue weighted by Gasteiger charge is -2.19. The molecule has 0 aliphatic rings. The third kappa shape index (κ3) is 4.12. The summed E-state index contributed by atoms with van der Waals surface area (Å²) in [4.78, 5) is 11.2. The van der Waals surface area contributed by atoms with Gasteiger partial charge in [-0.3, -0.25) is 4.79 Å². The second-order valence-corrected chi connectivity index (χ2v) is 6.36. The molecule has 19 heavy (non-hydrogen) atoms. The van der Waals surface area contributed by atoms with Crippen molar-refractivity contribution in [1.82, 2.24) is 4.72 Å². The highest BCUT2D eigenvalue weighted by atomic mass is 32.2. The molecule has 0 fully saturated rings. The zero-order chi connectivity index (χ0) is 14.6. The largest absolute Gasteiger partial charge is 0.396 e. The molecule has 0 bridgehead atoms. The van der Waals surface area contributed by atoms with E-state index in [0.29, 0.717) is 5.56 Å². The summed E-state index contributed by atoms with van der Waals surface area (Å²) in [5, 5.41) is 9.00. The lowest BCUT2D eigenvalue weighted by Crippen LogP contribution is -2.38. The van der Waals surface area contributed by atoms with E-state index < -0.39 is 10.0 Å². The second kappa shape index (κ2) is 6.27. The minimum atomic E-state index is -3.63. The Morgan fingerprint density at radius 1 is 1.26 bits per heavy atom. The first-order valence-corrected chi connectivity index (χ1v) is 7.50. The fraction of sp³-hybridized carbons (Fsp3) is 0.462. The van der Waals surface area contributed by atoms with Gasteiger partial charge in [-0.25, -0.2) is 13.1 Å². The Morgan fingerprint density at radius 3 is 2.21 bits per heavy atom. The summed E-state index contributed by atoms with van der Waals surface area (Å²) in [5.41, 5.74) is 0.468. The zero-order valence-electron chi connectivity index (χ0n) is 11.3. The van der Waals surface area contributed by atoms with Gasteiger partial charge in [-0.15, -0.1) is 0 Å². The van der Waals surface area contributed by atoms with Crippen molar-refractivity contribution >= 4 is 15.8 Å². The normalized spacial score (nSPS) is 14.9. The van der Waals surface area contributed by atoms with Gasteiger partial charge in [-0.1, -0.05) is 19.1 Å². The van der Waals surface area contributed by atoms with Crippen LogP contribution in [0.3, 0.4) is 0 Å². The third-order valence-electron chi connectivity index (χ3n) is 3.05. The first kappa shape index (κ1) is 15.8. The monoisotopic (exact) mass is 285 g/mol. The highest BCUT2D eigenvalue weighted by Crippen LogP contribution is 2.13. The highest BCUT2D eigenvalue weighted by molar-refractivity contribution is 7.89. The van der Waals surface area contributed by atoms with Crippen LogP contribution < -0.4 is 4.72 Å². The Bertz CT molecular complexity index is 536. The van der Waals surface area contributed by atoms with E-state index >= 15 is 0 Å². The van der Waals surface area contributed by atoms with E-state index in [9.17, 15) is 13.2 Å². The molecule has 0 heterocycles. The molecule has 106 valence electrons. The van der Waals surface area contributed by atoms with Gasteiger partial charge in [-0.2, -0.15) is 0 Å². The summed E-state index contributed by atoms with van der Waals surface area (Å²) in [7, 11) is -3.63. The van der Waals surface area contributed by atoms with Crippen LogP contribution in [-0.4, -0.2) is 32.0 Å². The van der Waals surface area contributed by atoms with Crippen LogP contribution in [0.1, 0.15) is 31.1 Å². The lowest BCUT2D eigenvalue weighted by molar-refractivity contribution is 0.101. The van der Waals surface area contributed by atoms with Gasteiger partial charge < -0.3 is 5.11 Å². The molecule has 2 atom stereocenters. The number of nitrogens with one attached hydrogen (secondary N) is 1. The number of aliphatic hydroxyl groups is 1. The molecule has 0 spiro atoms. The van der Waals surface area contributed by atoms with Crippen LogP contribution in [0.5, 0.6) is 0 Å². The Balaban J connectivity index is 2.91. The van der Waals surface area contributed by atoms with Crippen molar-refractivity contribution in [2.75, 3.05) is 6.61 Å². The minimum Gasteiger partial charge on any atom is -0.396 e. The van der Waals surface area contributed by atoms with E-state index in [2.05, 4.69) is 4.72 Å². The van der Waals surface area contributed by atoms with Gasteiger partial charge in [0.05, 0.1) is 4.90 Å². The van der Waals surface area contributed by atoms with Gasteiger partial charge in [0.15, 0.2) is 5.78 Å². The van der Waals surface area contributed by atoms with Crippen LogP contribution in [0.25, 0.3) is 0 Å². The molecule has 0 radical (unpaired) electrons. The van der Waals surface area contributed by atoms with Crippen LogP contribution in [0.2, 0.25) is 0 Å². The van der Waals surface area contributed by atoms with Gasteiger partial charge in [0.1, 0.15) is 0 Å². The van der Waals surface area contributed by atoms with Crippen LogP contribution >= 0.6 is 0 Å². The summed E-state index contributed by atoms with van der Waals surface area (Å²) < 4.78 is 26.6. The number of aliphatic hydroxyl groups excluding tert-OH is 1. The van der Waals surface area contributed by atoms with Gasteiger partial charge in [-0.05, 0) is 31.9 Å². The lowest BCUT2D eigenvalue weighted by atomic mass is 10.1. The maximum Gasteiger partial charge on any atom is 0.240 e. The first-order chi connectivity index (χ1) is 8.77. The maximum absolute atomic E-state index is 12.1. The number of carbonyl (C=O) groups is 1. The average Bonchev–Trinajstić information content (AvgIpc) is 2.37. The van der Waals surface area contributed by atoms with Crippen LogP contribution in [0.15, 0.2) is 29.2 Å². The average molecular weight is 285 g/mol. The number of carbonyl (C=O) groups excluding carboxylic acids is 1. The first-order valence-electron chi connectivity index (χ1n) is 6.02. The predicted molar refractivity (Wildman–Crippen MR) is 72.5 cm³/mol. The SMILES string of the molecule is CC(=O)c1ccc(S(=O)(=O)NC(C)C(C)CO)cc1. The number of rotatable bonds is 6. The Hall–Kier alpha value is -1.24. The van der Waals surface area contributed by atoms with E-state index in [4.69, 9.17) is 5.11 Å². The molecule has 1 rings (SSSR count). The molecule has 2 unspecified atom stereocenters. The summed E-state index contributed by atoms with van der Waals surface area (Å²) in [6.07, 6.45) is 0. The molecule has 0 aliphatic heterocycles. The predicted octanol–water partition coefficient (Wildman–Crippen LogP) is 1.18. The fourth-order valence-electron chi connectivity index (χ4n) is 1.46. The molecule has 1 aromatic rings.